The molecule has 0 aliphatic carbocycles. The predicted molar refractivity (Wildman–Crippen MR) is 90.6 cm³/mol. The van der Waals surface area contributed by atoms with Crippen molar-refractivity contribution in [2.45, 2.75) is 26.9 Å². The molecule has 0 N–H and O–H groups in total. The summed E-state index contributed by atoms with van der Waals surface area (Å²) in [5, 5.41) is 0. The van der Waals surface area contributed by atoms with E-state index < -0.39 is 0 Å². The summed E-state index contributed by atoms with van der Waals surface area (Å²) in [6, 6.07) is 7.54. The minimum absolute atomic E-state index is 0.181. The number of carbonyl (C=O) groups excluding carboxylic acids is 1. The second-order valence-corrected chi connectivity index (χ2v) is 6.10. The first-order valence-corrected chi connectivity index (χ1v) is 8.48. The van der Waals surface area contributed by atoms with Crippen molar-refractivity contribution in [1.82, 2.24) is 4.90 Å². The molecule has 0 saturated carbocycles. The van der Waals surface area contributed by atoms with Crippen LogP contribution in [0, 0.1) is 5.92 Å². The van der Waals surface area contributed by atoms with E-state index in [2.05, 4.69) is 0 Å². The van der Waals surface area contributed by atoms with Gasteiger partial charge in [0.05, 0.1) is 26.4 Å². The van der Waals surface area contributed by atoms with Gasteiger partial charge in [-0.25, -0.2) is 4.79 Å². The summed E-state index contributed by atoms with van der Waals surface area (Å²) >= 11 is 0. The van der Waals surface area contributed by atoms with Crippen molar-refractivity contribution < 1.29 is 23.7 Å². The van der Waals surface area contributed by atoms with E-state index >= 15 is 0 Å². The number of ether oxygens (including phenoxy) is 4. The molecule has 2 rings (SSSR count). The average molecular weight is 337 g/mol. The van der Waals surface area contributed by atoms with Gasteiger partial charge in [-0.1, -0.05) is 26.0 Å². The maximum absolute atomic E-state index is 12.0. The number of morpholine rings is 1. The second kappa shape index (κ2) is 9.37. The first-order valence-electron chi connectivity index (χ1n) is 8.48. The molecular weight excluding hydrogens is 310 g/mol. The summed E-state index contributed by atoms with van der Waals surface area (Å²) in [7, 11) is 0. The second-order valence-electron chi connectivity index (χ2n) is 6.10. The Labute approximate surface area is 143 Å². The summed E-state index contributed by atoms with van der Waals surface area (Å²) in [5.41, 5.74) is 0. The van der Waals surface area contributed by atoms with Gasteiger partial charge in [0.25, 0.3) is 0 Å². The van der Waals surface area contributed by atoms with Crippen LogP contribution < -0.4 is 9.47 Å². The molecule has 0 bridgehead atoms. The highest BCUT2D eigenvalue weighted by atomic mass is 16.6. The number of nitrogens with zero attached hydrogens (tertiary/aromatic N) is 1. The smallest absolute Gasteiger partial charge is 0.409 e. The maximum Gasteiger partial charge on any atom is 0.409 e. The zero-order valence-electron chi connectivity index (χ0n) is 14.7. The molecular formula is C18H27NO5. The molecule has 0 unspecified atom stereocenters. The van der Waals surface area contributed by atoms with Gasteiger partial charge in [-0.15, -0.1) is 0 Å². The molecule has 0 spiro atoms. The summed E-state index contributed by atoms with van der Waals surface area (Å²) in [6.07, 6.45) is -0.466. The van der Waals surface area contributed by atoms with E-state index in [0.717, 1.165) is 0 Å². The Hall–Kier alpha value is -1.95. The average Bonchev–Trinajstić information content (AvgIpc) is 2.59. The fraction of sp³-hybridized carbons (Fsp3) is 0.611. The van der Waals surface area contributed by atoms with Gasteiger partial charge in [0, 0.05) is 6.54 Å². The number of hydrogen-bond donors (Lipinski definition) is 0. The highest BCUT2D eigenvalue weighted by molar-refractivity contribution is 5.67. The zero-order chi connectivity index (χ0) is 17.4. The van der Waals surface area contributed by atoms with Crippen molar-refractivity contribution in [2.75, 3.05) is 39.5 Å². The Morgan fingerprint density at radius 3 is 2.67 bits per heavy atom. The minimum Gasteiger partial charge on any atom is -0.490 e. The number of para-hydroxylation sites is 2. The van der Waals surface area contributed by atoms with E-state index in [9.17, 15) is 4.79 Å². The molecule has 134 valence electrons. The highest BCUT2D eigenvalue weighted by Crippen LogP contribution is 2.26. The molecule has 1 saturated heterocycles. The van der Waals surface area contributed by atoms with Crippen LogP contribution in [-0.2, 0) is 9.47 Å². The van der Waals surface area contributed by atoms with Gasteiger partial charge in [0.2, 0.25) is 0 Å². The number of amides is 1. The van der Waals surface area contributed by atoms with E-state index in [1.54, 1.807) is 4.90 Å². The fourth-order valence-corrected chi connectivity index (χ4v) is 2.34. The van der Waals surface area contributed by atoms with E-state index in [1.807, 2.05) is 45.0 Å². The molecule has 1 fully saturated rings. The Morgan fingerprint density at radius 1 is 1.29 bits per heavy atom. The monoisotopic (exact) mass is 337 g/mol. The number of carbonyl (C=O) groups is 1. The Morgan fingerprint density at radius 2 is 2.00 bits per heavy atom. The normalized spacial score (nSPS) is 17.7. The van der Waals surface area contributed by atoms with Crippen molar-refractivity contribution >= 4 is 6.09 Å². The molecule has 1 aliphatic heterocycles. The summed E-state index contributed by atoms with van der Waals surface area (Å²) < 4.78 is 22.3. The molecule has 1 amide bonds. The Balaban J connectivity index is 1.84. The molecule has 1 aromatic rings. The third kappa shape index (κ3) is 5.60. The van der Waals surface area contributed by atoms with Gasteiger partial charge >= 0.3 is 6.09 Å². The third-order valence-corrected chi connectivity index (χ3v) is 3.51. The van der Waals surface area contributed by atoms with E-state index in [4.69, 9.17) is 18.9 Å². The SMILES string of the molecule is CCOc1ccccc1OC[C@@H]1CN(C(=O)OCC(C)C)CCO1. The van der Waals surface area contributed by atoms with Gasteiger partial charge < -0.3 is 23.8 Å². The Bertz CT molecular complexity index is 520. The van der Waals surface area contributed by atoms with Gasteiger partial charge in [-0.05, 0) is 25.0 Å². The molecule has 1 atom stereocenters. The largest absolute Gasteiger partial charge is 0.490 e. The number of hydrogen-bond acceptors (Lipinski definition) is 5. The molecule has 24 heavy (non-hydrogen) atoms. The lowest BCUT2D eigenvalue weighted by molar-refractivity contribution is -0.0462. The molecule has 0 radical (unpaired) electrons. The lowest BCUT2D eigenvalue weighted by Gasteiger charge is -2.32. The van der Waals surface area contributed by atoms with Crippen molar-refractivity contribution in [3.8, 4) is 11.5 Å². The quantitative estimate of drug-likeness (QED) is 0.766. The van der Waals surface area contributed by atoms with Crippen LogP contribution >= 0.6 is 0 Å². The van der Waals surface area contributed by atoms with Crippen LogP contribution in [0.1, 0.15) is 20.8 Å². The third-order valence-electron chi connectivity index (χ3n) is 3.51. The predicted octanol–water partition coefficient (Wildman–Crippen LogP) is 2.96. The molecule has 6 nitrogen and oxygen atoms in total. The molecule has 1 heterocycles. The Kier molecular flexibility index (Phi) is 7.18. The van der Waals surface area contributed by atoms with E-state index in [0.29, 0.717) is 56.9 Å². The van der Waals surface area contributed by atoms with Gasteiger partial charge in [0.1, 0.15) is 12.7 Å². The van der Waals surface area contributed by atoms with Crippen molar-refractivity contribution in [3.63, 3.8) is 0 Å². The van der Waals surface area contributed by atoms with Crippen LogP contribution in [0.2, 0.25) is 0 Å². The van der Waals surface area contributed by atoms with Crippen LogP contribution in [-0.4, -0.2) is 56.6 Å². The maximum atomic E-state index is 12.0. The molecule has 6 heteroatoms. The summed E-state index contributed by atoms with van der Waals surface area (Å²) in [6.45, 7) is 8.82. The first-order chi connectivity index (χ1) is 11.6. The zero-order valence-corrected chi connectivity index (χ0v) is 14.7. The van der Waals surface area contributed by atoms with Gasteiger partial charge in [-0.3, -0.25) is 0 Å². The van der Waals surface area contributed by atoms with E-state index in [-0.39, 0.29) is 12.2 Å². The lowest BCUT2D eigenvalue weighted by atomic mass is 10.2. The van der Waals surface area contributed by atoms with Crippen LogP contribution in [0.3, 0.4) is 0 Å². The highest BCUT2D eigenvalue weighted by Gasteiger charge is 2.26. The standard InChI is InChI=1S/C18H27NO5/c1-4-21-16-7-5-6-8-17(16)23-13-15-11-19(9-10-22-15)18(20)24-12-14(2)3/h5-8,14-15H,4,9-13H2,1-3H3/t15-/m0/s1. The van der Waals surface area contributed by atoms with Gasteiger partial charge in [-0.2, -0.15) is 0 Å². The molecule has 0 aromatic heterocycles. The lowest BCUT2D eigenvalue weighted by Crippen LogP contribution is -2.48. The van der Waals surface area contributed by atoms with Crippen LogP contribution in [0.4, 0.5) is 4.79 Å². The number of rotatable bonds is 7. The molecule has 1 aromatic carbocycles. The number of benzene rings is 1. The van der Waals surface area contributed by atoms with Crippen LogP contribution in [0.5, 0.6) is 11.5 Å². The van der Waals surface area contributed by atoms with E-state index in [1.165, 1.54) is 0 Å². The topological polar surface area (TPSA) is 57.2 Å². The summed E-state index contributed by atoms with van der Waals surface area (Å²) in [5.74, 6) is 1.72. The minimum atomic E-state index is -0.285. The summed E-state index contributed by atoms with van der Waals surface area (Å²) in [4.78, 5) is 13.7. The van der Waals surface area contributed by atoms with Crippen molar-refractivity contribution in [1.29, 1.82) is 0 Å². The van der Waals surface area contributed by atoms with Crippen LogP contribution in [0.15, 0.2) is 24.3 Å². The molecule has 1 aliphatic rings. The van der Waals surface area contributed by atoms with Crippen LogP contribution in [0.25, 0.3) is 0 Å². The van der Waals surface area contributed by atoms with Crippen molar-refractivity contribution in [2.24, 2.45) is 5.92 Å². The first kappa shape index (κ1) is 18.4. The van der Waals surface area contributed by atoms with Gasteiger partial charge in [0.15, 0.2) is 11.5 Å². The fourth-order valence-electron chi connectivity index (χ4n) is 2.34. The van der Waals surface area contributed by atoms with Crippen molar-refractivity contribution in [3.05, 3.63) is 24.3 Å².